The summed E-state index contributed by atoms with van der Waals surface area (Å²) in [6, 6.07) is 13.3. The van der Waals surface area contributed by atoms with Crippen LogP contribution in [0.1, 0.15) is 10.8 Å². The monoisotopic (exact) mass is 305 g/mol. The number of benzene rings is 2. The van der Waals surface area contributed by atoms with Gasteiger partial charge in [0.25, 0.3) is 5.69 Å². The van der Waals surface area contributed by atoms with E-state index in [0.717, 1.165) is 0 Å². The van der Waals surface area contributed by atoms with Crippen molar-refractivity contribution in [3.05, 3.63) is 70.3 Å². The molecule has 2 atom stereocenters. The Kier molecular flexibility index (Phi) is 4.44. The third kappa shape index (κ3) is 3.32. The normalized spacial score (nSPS) is 13.3. The second-order valence-corrected chi connectivity index (χ2v) is 5.72. The Balaban J connectivity index is 2.35. The maximum Gasteiger partial charge on any atom is 0.324 e. The minimum atomic E-state index is -1.85. The maximum absolute atomic E-state index is 12.4. The molecule has 2 rings (SSSR count). The van der Waals surface area contributed by atoms with E-state index in [0.29, 0.717) is 5.56 Å². The predicted molar refractivity (Wildman–Crippen MR) is 76.3 cm³/mol. The van der Waals surface area contributed by atoms with Gasteiger partial charge in [0.1, 0.15) is 0 Å². The van der Waals surface area contributed by atoms with Gasteiger partial charge < -0.3 is 5.11 Å². The largest absolute Gasteiger partial charge is 0.480 e. The quantitative estimate of drug-likeness (QED) is 0.676. The van der Waals surface area contributed by atoms with Crippen LogP contribution in [0.15, 0.2) is 59.5 Å². The van der Waals surface area contributed by atoms with Gasteiger partial charge in [0.05, 0.1) is 15.7 Å². The molecule has 1 N–H and O–H groups in total. The van der Waals surface area contributed by atoms with Crippen molar-refractivity contribution in [2.75, 3.05) is 0 Å². The van der Waals surface area contributed by atoms with Crippen molar-refractivity contribution in [2.45, 2.75) is 10.1 Å². The Morgan fingerprint density at radius 3 is 2.14 bits per heavy atom. The fourth-order valence-electron chi connectivity index (χ4n) is 1.82. The van der Waals surface area contributed by atoms with Gasteiger partial charge in [-0.1, -0.05) is 30.3 Å². The van der Waals surface area contributed by atoms with E-state index in [1.807, 2.05) is 0 Å². The van der Waals surface area contributed by atoms with Crippen LogP contribution in [0.5, 0.6) is 0 Å². The van der Waals surface area contributed by atoms with Crippen LogP contribution < -0.4 is 0 Å². The fourth-order valence-corrected chi connectivity index (χ4v) is 3.09. The van der Waals surface area contributed by atoms with Crippen molar-refractivity contribution in [2.24, 2.45) is 0 Å². The average molecular weight is 305 g/mol. The molecule has 0 aromatic heterocycles. The lowest BCUT2D eigenvalue weighted by Gasteiger charge is -2.12. The first kappa shape index (κ1) is 14.9. The van der Waals surface area contributed by atoms with Crippen LogP contribution in [0.4, 0.5) is 5.69 Å². The molecule has 0 aliphatic rings. The molecule has 2 aromatic rings. The average Bonchev–Trinajstić information content (AvgIpc) is 2.48. The van der Waals surface area contributed by atoms with Crippen molar-refractivity contribution < 1.29 is 19.0 Å². The lowest BCUT2D eigenvalue weighted by atomic mass is 10.1. The summed E-state index contributed by atoms with van der Waals surface area (Å²) in [5.41, 5.74) is 0.282. The van der Waals surface area contributed by atoms with Crippen LogP contribution in [-0.2, 0) is 15.6 Å². The highest BCUT2D eigenvalue weighted by Gasteiger charge is 2.28. The summed E-state index contributed by atoms with van der Waals surface area (Å²) in [6.07, 6.45) is 0. The van der Waals surface area contributed by atoms with Gasteiger partial charge in [0, 0.05) is 17.0 Å². The number of rotatable bonds is 5. The summed E-state index contributed by atoms with van der Waals surface area (Å²) >= 11 is 0. The van der Waals surface area contributed by atoms with Crippen molar-refractivity contribution in [3.8, 4) is 0 Å². The second-order valence-electron chi connectivity index (χ2n) is 4.18. The van der Waals surface area contributed by atoms with Crippen LogP contribution in [-0.4, -0.2) is 20.2 Å². The minimum absolute atomic E-state index is 0.137. The van der Waals surface area contributed by atoms with Crippen LogP contribution in [0.3, 0.4) is 0 Å². The number of carboxylic acid groups (broad SMARTS) is 1. The molecule has 0 fully saturated rings. The third-order valence-corrected chi connectivity index (χ3v) is 4.46. The van der Waals surface area contributed by atoms with Gasteiger partial charge in [0.15, 0.2) is 5.25 Å². The highest BCUT2D eigenvalue weighted by Crippen LogP contribution is 2.26. The zero-order valence-corrected chi connectivity index (χ0v) is 11.5. The molecule has 0 aliphatic carbocycles. The molecule has 6 nitrogen and oxygen atoms in total. The zero-order valence-electron chi connectivity index (χ0n) is 10.7. The molecule has 2 unspecified atom stereocenters. The van der Waals surface area contributed by atoms with E-state index in [2.05, 4.69) is 0 Å². The fraction of sp³-hybridized carbons (Fsp3) is 0.0714. The SMILES string of the molecule is O=C(O)C(c1ccccc1)S(=O)c1ccc([N+](=O)[O-])cc1. The van der Waals surface area contributed by atoms with E-state index in [9.17, 15) is 24.2 Å². The predicted octanol–water partition coefficient (Wildman–Crippen LogP) is 2.53. The van der Waals surface area contributed by atoms with E-state index in [4.69, 9.17) is 0 Å². The highest BCUT2D eigenvalue weighted by molar-refractivity contribution is 7.86. The number of hydrogen-bond acceptors (Lipinski definition) is 4. The highest BCUT2D eigenvalue weighted by atomic mass is 32.2. The Morgan fingerprint density at radius 2 is 1.67 bits per heavy atom. The minimum Gasteiger partial charge on any atom is -0.480 e. The first-order valence-corrected chi connectivity index (χ1v) is 7.15. The molecule has 0 radical (unpaired) electrons. The van der Waals surface area contributed by atoms with Crippen LogP contribution in [0, 0.1) is 10.1 Å². The van der Waals surface area contributed by atoms with Gasteiger partial charge in [0.2, 0.25) is 0 Å². The molecule has 0 heterocycles. The number of nitro groups is 1. The molecule has 0 saturated carbocycles. The Morgan fingerprint density at radius 1 is 1.10 bits per heavy atom. The van der Waals surface area contributed by atoms with Crippen molar-refractivity contribution in [1.29, 1.82) is 0 Å². The maximum atomic E-state index is 12.4. The van der Waals surface area contributed by atoms with Crippen molar-refractivity contribution >= 4 is 22.5 Å². The van der Waals surface area contributed by atoms with Gasteiger partial charge in [-0.25, -0.2) is 0 Å². The Hall–Kier alpha value is -2.54. The van der Waals surface area contributed by atoms with Gasteiger partial charge in [-0.05, 0) is 17.7 Å². The molecule has 2 aromatic carbocycles. The smallest absolute Gasteiger partial charge is 0.324 e. The van der Waals surface area contributed by atoms with Crippen molar-refractivity contribution in [1.82, 2.24) is 0 Å². The molecule has 0 bridgehead atoms. The third-order valence-electron chi connectivity index (χ3n) is 2.82. The van der Waals surface area contributed by atoms with Crippen LogP contribution in [0.25, 0.3) is 0 Å². The molecular weight excluding hydrogens is 294 g/mol. The first-order valence-electron chi connectivity index (χ1n) is 5.93. The van der Waals surface area contributed by atoms with Gasteiger partial charge >= 0.3 is 5.97 Å². The van der Waals surface area contributed by atoms with Gasteiger partial charge in [-0.3, -0.25) is 19.1 Å². The summed E-state index contributed by atoms with van der Waals surface area (Å²) in [7, 11) is -1.85. The zero-order chi connectivity index (χ0) is 15.4. The van der Waals surface area contributed by atoms with Crippen LogP contribution in [0.2, 0.25) is 0 Å². The molecule has 7 heteroatoms. The molecule has 0 saturated heterocycles. The summed E-state index contributed by atoms with van der Waals surface area (Å²) in [5, 5.41) is 18.7. The molecule has 0 amide bonds. The summed E-state index contributed by atoms with van der Waals surface area (Å²) < 4.78 is 12.4. The standard InChI is InChI=1S/C14H11NO5S/c16-14(17)13(10-4-2-1-3-5-10)21(20)12-8-6-11(7-9-12)15(18)19/h1-9,13H,(H,16,17). The Bertz CT molecular complexity index is 684. The molecule has 108 valence electrons. The number of nitro benzene ring substituents is 1. The van der Waals surface area contributed by atoms with E-state index in [1.54, 1.807) is 30.3 Å². The van der Waals surface area contributed by atoms with Gasteiger partial charge in [-0.15, -0.1) is 0 Å². The summed E-state index contributed by atoms with van der Waals surface area (Å²) in [4.78, 5) is 21.6. The molecule has 0 spiro atoms. The van der Waals surface area contributed by atoms with E-state index >= 15 is 0 Å². The lowest BCUT2D eigenvalue weighted by molar-refractivity contribution is -0.384. The van der Waals surface area contributed by atoms with Crippen molar-refractivity contribution in [3.63, 3.8) is 0 Å². The number of carbonyl (C=O) groups is 1. The summed E-state index contributed by atoms with van der Waals surface area (Å²) in [5.74, 6) is -1.21. The summed E-state index contributed by atoms with van der Waals surface area (Å²) in [6.45, 7) is 0. The molecular formula is C14H11NO5S. The van der Waals surface area contributed by atoms with Crippen LogP contribution >= 0.6 is 0 Å². The second kappa shape index (κ2) is 6.27. The number of hydrogen-bond donors (Lipinski definition) is 1. The van der Waals surface area contributed by atoms with E-state index in [1.165, 1.54) is 24.3 Å². The van der Waals surface area contributed by atoms with Gasteiger partial charge in [-0.2, -0.15) is 0 Å². The number of aliphatic carboxylic acids is 1. The number of non-ortho nitro benzene ring substituents is 1. The van der Waals surface area contributed by atoms with E-state index < -0.39 is 26.9 Å². The first-order chi connectivity index (χ1) is 10.0. The lowest BCUT2D eigenvalue weighted by Crippen LogP contribution is -2.17. The topological polar surface area (TPSA) is 97.5 Å². The number of carboxylic acids is 1. The molecule has 21 heavy (non-hydrogen) atoms. The van der Waals surface area contributed by atoms with E-state index in [-0.39, 0.29) is 10.6 Å². The number of nitrogens with zero attached hydrogens (tertiary/aromatic N) is 1. The molecule has 0 aliphatic heterocycles. The Labute approximate surface area is 122 Å².